The molecule has 5 nitrogen and oxygen atoms in total. The number of H-pyrrole nitrogens is 1. The maximum atomic E-state index is 11.4. The van der Waals surface area contributed by atoms with Crippen molar-refractivity contribution in [3.05, 3.63) is 24.0 Å². The molecule has 0 unspecified atom stereocenters. The van der Waals surface area contributed by atoms with Gasteiger partial charge in [-0.05, 0) is 25.1 Å². The van der Waals surface area contributed by atoms with Gasteiger partial charge in [-0.2, -0.15) is 8.42 Å². The minimum Gasteiger partial charge on any atom is -0.342 e. The van der Waals surface area contributed by atoms with E-state index in [-0.39, 0.29) is 4.90 Å². The Kier molecular flexibility index (Phi) is 2.24. The summed E-state index contributed by atoms with van der Waals surface area (Å²) in [6.07, 6.45) is 0. The maximum Gasteiger partial charge on any atom is 0.296 e. The highest BCUT2D eigenvalue weighted by molar-refractivity contribution is 7.86. The van der Waals surface area contributed by atoms with Crippen LogP contribution in [0, 0.1) is 6.92 Å². The van der Waals surface area contributed by atoms with E-state index in [4.69, 9.17) is 0 Å². The van der Waals surface area contributed by atoms with Gasteiger partial charge in [0, 0.05) is 0 Å². The van der Waals surface area contributed by atoms with Crippen LogP contribution < -0.4 is 0 Å². The molecule has 0 aliphatic carbocycles. The van der Waals surface area contributed by atoms with Gasteiger partial charge in [-0.25, -0.2) is 4.98 Å². The van der Waals surface area contributed by atoms with E-state index in [1.165, 1.54) is 12.1 Å². The summed E-state index contributed by atoms with van der Waals surface area (Å²) in [5.41, 5.74) is 1.42. The van der Waals surface area contributed by atoms with Crippen LogP contribution >= 0.6 is 0 Å². The Morgan fingerprint density at radius 2 is 2.13 bits per heavy atom. The first kappa shape index (κ1) is 10.1. The highest BCUT2D eigenvalue weighted by Crippen LogP contribution is 2.18. The van der Waals surface area contributed by atoms with Crippen LogP contribution in [0.25, 0.3) is 11.0 Å². The highest BCUT2D eigenvalue weighted by Gasteiger charge is 2.13. The molecule has 0 spiro atoms. The second-order valence-corrected chi connectivity index (χ2v) is 4.83. The fourth-order valence-electron chi connectivity index (χ4n) is 1.37. The molecule has 0 aliphatic heterocycles. The summed E-state index contributed by atoms with van der Waals surface area (Å²) < 4.78 is 27.2. The summed E-state index contributed by atoms with van der Waals surface area (Å²) in [4.78, 5) is 7.26. The summed E-state index contributed by atoms with van der Waals surface area (Å²) >= 11 is 0. The maximum absolute atomic E-state index is 11.4. The Hall–Kier alpha value is -1.40. The van der Waals surface area contributed by atoms with Crippen molar-refractivity contribution in [3.8, 4) is 0 Å². The molecule has 0 radical (unpaired) electrons. The van der Waals surface area contributed by atoms with Crippen LogP contribution in [-0.4, -0.2) is 25.5 Å². The standard InChI is InChI=1S/C9H10N2O3S/c1-6-10-8-4-3-7(5-9(8)11-6)15(12,13)14-2/h3-5H,1-2H3,(H,10,11). The molecular weight excluding hydrogens is 216 g/mol. The summed E-state index contributed by atoms with van der Waals surface area (Å²) in [6.45, 7) is 1.81. The predicted molar refractivity (Wildman–Crippen MR) is 55.0 cm³/mol. The molecule has 0 fully saturated rings. The van der Waals surface area contributed by atoms with Gasteiger partial charge in [0.1, 0.15) is 5.82 Å². The molecule has 0 atom stereocenters. The SMILES string of the molecule is COS(=O)(=O)c1ccc2nc(C)[nH]c2c1. The molecule has 6 heteroatoms. The molecule has 1 heterocycles. The average molecular weight is 226 g/mol. The van der Waals surface area contributed by atoms with Gasteiger partial charge in [-0.1, -0.05) is 0 Å². The quantitative estimate of drug-likeness (QED) is 0.781. The molecule has 1 N–H and O–H groups in total. The van der Waals surface area contributed by atoms with Crippen molar-refractivity contribution >= 4 is 21.2 Å². The largest absolute Gasteiger partial charge is 0.342 e. The zero-order chi connectivity index (χ0) is 11.1. The molecule has 0 amide bonds. The van der Waals surface area contributed by atoms with Gasteiger partial charge in [0.15, 0.2) is 0 Å². The van der Waals surface area contributed by atoms with Gasteiger partial charge < -0.3 is 4.98 Å². The lowest BCUT2D eigenvalue weighted by Crippen LogP contribution is -2.02. The number of aryl methyl sites for hydroxylation is 1. The number of imidazole rings is 1. The average Bonchev–Trinajstić information content (AvgIpc) is 2.56. The van der Waals surface area contributed by atoms with Crippen LogP contribution in [0.1, 0.15) is 5.82 Å². The lowest BCUT2D eigenvalue weighted by molar-refractivity contribution is 0.398. The Labute approximate surface area is 87.2 Å². The third kappa shape index (κ3) is 1.73. The first-order valence-electron chi connectivity index (χ1n) is 4.30. The predicted octanol–water partition coefficient (Wildman–Crippen LogP) is 1.21. The van der Waals surface area contributed by atoms with Gasteiger partial charge in [0.05, 0.1) is 23.0 Å². The van der Waals surface area contributed by atoms with E-state index < -0.39 is 10.1 Å². The first-order chi connectivity index (χ1) is 7.03. The molecule has 2 aromatic rings. The molecule has 1 aromatic heterocycles. The third-order valence-electron chi connectivity index (χ3n) is 2.08. The van der Waals surface area contributed by atoms with E-state index in [9.17, 15) is 8.42 Å². The van der Waals surface area contributed by atoms with Crippen molar-refractivity contribution in [2.75, 3.05) is 7.11 Å². The Morgan fingerprint density at radius 3 is 2.80 bits per heavy atom. The summed E-state index contributed by atoms with van der Waals surface area (Å²) in [6, 6.07) is 4.63. The Balaban J connectivity index is 2.66. The monoisotopic (exact) mass is 226 g/mol. The number of nitrogens with one attached hydrogen (secondary N) is 1. The van der Waals surface area contributed by atoms with Crippen molar-refractivity contribution in [1.82, 2.24) is 9.97 Å². The third-order valence-corrected chi connectivity index (χ3v) is 3.35. The van der Waals surface area contributed by atoms with E-state index in [1.807, 2.05) is 6.92 Å². The molecule has 0 aliphatic rings. The Bertz CT molecular complexity index is 601. The highest BCUT2D eigenvalue weighted by atomic mass is 32.2. The number of hydrogen-bond donors (Lipinski definition) is 1. The number of nitrogens with zero attached hydrogens (tertiary/aromatic N) is 1. The van der Waals surface area contributed by atoms with Crippen molar-refractivity contribution in [3.63, 3.8) is 0 Å². The fraction of sp³-hybridized carbons (Fsp3) is 0.222. The van der Waals surface area contributed by atoms with E-state index in [1.54, 1.807) is 6.07 Å². The van der Waals surface area contributed by atoms with Gasteiger partial charge in [-0.15, -0.1) is 0 Å². The normalized spacial score (nSPS) is 12.1. The van der Waals surface area contributed by atoms with E-state index >= 15 is 0 Å². The summed E-state index contributed by atoms with van der Waals surface area (Å²) in [5.74, 6) is 0.747. The zero-order valence-electron chi connectivity index (χ0n) is 8.31. The van der Waals surface area contributed by atoms with Crippen molar-refractivity contribution in [1.29, 1.82) is 0 Å². The second-order valence-electron chi connectivity index (χ2n) is 3.12. The molecule has 0 bridgehead atoms. The van der Waals surface area contributed by atoms with Crippen LogP contribution in [0.4, 0.5) is 0 Å². The zero-order valence-corrected chi connectivity index (χ0v) is 9.13. The van der Waals surface area contributed by atoms with Crippen molar-refractivity contribution < 1.29 is 12.6 Å². The first-order valence-corrected chi connectivity index (χ1v) is 5.71. The Morgan fingerprint density at radius 1 is 1.40 bits per heavy atom. The number of benzene rings is 1. The molecule has 1 aromatic carbocycles. The van der Waals surface area contributed by atoms with Gasteiger partial charge >= 0.3 is 0 Å². The number of fused-ring (bicyclic) bond motifs is 1. The van der Waals surface area contributed by atoms with Crippen LogP contribution in [-0.2, 0) is 14.3 Å². The van der Waals surface area contributed by atoms with Gasteiger partial charge in [-0.3, -0.25) is 4.18 Å². The fourth-order valence-corrected chi connectivity index (χ4v) is 2.06. The minimum absolute atomic E-state index is 0.126. The molecule has 80 valence electrons. The topological polar surface area (TPSA) is 72.1 Å². The molecule has 0 saturated heterocycles. The number of aromatic nitrogens is 2. The van der Waals surface area contributed by atoms with E-state index in [0.29, 0.717) is 5.52 Å². The lowest BCUT2D eigenvalue weighted by atomic mass is 10.3. The van der Waals surface area contributed by atoms with Crippen LogP contribution in [0.5, 0.6) is 0 Å². The molecule has 0 saturated carbocycles. The number of aromatic amines is 1. The van der Waals surface area contributed by atoms with Crippen molar-refractivity contribution in [2.45, 2.75) is 11.8 Å². The van der Waals surface area contributed by atoms with Crippen molar-refractivity contribution in [2.24, 2.45) is 0 Å². The molecule has 2 rings (SSSR count). The smallest absolute Gasteiger partial charge is 0.296 e. The number of hydrogen-bond acceptors (Lipinski definition) is 4. The van der Waals surface area contributed by atoms with Crippen LogP contribution in [0.3, 0.4) is 0 Å². The van der Waals surface area contributed by atoms with E-state index in [2.05, 4.69) is 14.2 Å². The lowest BCUT2D eigenvalue weighted by Gasteiger charge is -1.99. The molecular formula is C9H10N2O3S. The molecule has 15 heavy (non-hydrogen) atoms. The number of rotatable bonds is 2. The van der Waals surface area contributed by atoms with Gasteiger partial charge in [0.2, 0.25) is 0 Å². The summed E-state index contributed by atoms with van der Waals surface area (Å²) in [5, 5.41) is 0. The second kappa shape index (κ2) is 3.32. The van der Waals surface area contributed by atoms with Crippen LogP contribution in [0.15, 0.2) is 23.1 Å². The van der Waals surface area contributed by atoms with E-state index in [0.717, 1.165) is 18.5 Å². The van der Waals surface area contributed by atoms with Crippen LogP contribution in [0.2, 0.25) is 0 Å². The van der Waals surface area contributed by atoms with Gasteiger partial charge in [0.25, 0.3) is 10.1 Å². The minimum atomic E-state index is -3.63. The summed E-state index contributed by atoms with van der Waals surface area (Å²) in [7, 11) is -2.49.